The molecule has 100 valence electrons. The summed E-state index contributed by atoms with van der Waals surface area (Å²) in [6, 6.07) is 6.62. The minimum Gasteiger partial charge on any atom is -0.342 e. The molecule has 2 nitrogen and oxygen atoms in total. The minimum absolute atomic E-state index is 0.893. The van der Waals surface area contributed by atoms with Crippen LogP contribution in [-0.4, -0.2) is 9.97 Å². The molecule has 2 bridgehead atoms. The number of fused-ring (bicyclic) bond motifs is 3. The van der Waals surface area contributed by atoms with Crippen LogP contribution >= 0.6 is 0 Å². The lowest BCUT2D eigenvalue weighted by Gasteiger charge is -2.20. The summed E-state index contributed by atoms with van der Waals surface area (Å²) in [5, 5.41) is 0. The van der Waals surface area contributed by atoms with Crippen LogP contribution in [0.5, 0.6) is 0 Å². The van der Waals surface area contributed by atoms with E-state index in [1.165, 1.54) is 42.6 Å². The minimum atomic E-state index is 0.893. The number of aryl methyl sites for hydroxylation is 1. The van der Waals surface area contributed by atoms with Gasteiger partial charge in [0.15, 0.2) is 0 Å². The third kappa shape index (κ3) is 1.98. The van der Waals surface area contributed by atoms with Crippen molar-refractivity contribution in [1.29, 1.82) is 0 Å². The maximum atomic E-state index is 4.78. The molecule has 0 radical (unpaired) electrons. The second kappa shape index (κ2) is 4.36. The van der Waals surface area contributed by atoms with Gasteiger partial charge in [-0.05, 0) is 61.1 Å². The van der Waals surface area contributed by atoms with E-state index in [1.54, 1.807) is 0 Å². The van der Waals surface area contributed by atoms with E-state index in [0.29, 0.717) is 0 Å². The van der Waals surface area contributed by atoms with Crippen LogP contribution in [0.1, 0.15) is 44.0 Å². The van der Waals surface area contributed by atoms with Gasteiger partial charge in [-0.15, -0.1) is 0 Å². The van der Waals surface area contributed by atoms with Crippen molar-refractivity contribution in [1.82, 2.24) is 9.97 Å². The maximum Gasteiger partial charge on any atom is 0.107 e. The quantitative estimate of drug-likeness (QED) is 0.877. The van der Waals surface area contributed by atoms with Crippen LogP contribution in [0, 0.1) is 17.8 Å². The Morgan fingerprint density at radius 2 is 2.21 bits per heavy atom. The summed E-state index contributed by atoms with van der Waals surface area (Å²) in [5.41, 5.74) is 3.75. The van der Waals surface area contributed by atoms with Crippen LogP contribution < -0.4 is 0 Å². The summed E-state index contributed by atoms with van der Waals surface area (Å²) in [4.78, 5) is 8.33. The maximum absolute atomic E-state index is 4.78. The van der Waals surface area contributed by atoms with Gasteiger partial charge in [-0.1, -0.05) is 19.4 Å². The lowest BCUT2D eigenvalue weighted by Crippen LogP contribution is -2.13. The number of rotatable bonds is 3. The first-order valence-corrected chi connectivity index (χ1v) is 7.79. The molecule has 2 heteroatoms. The third-order valence-corrected chi connectivity index (χ3v) is 5.34. The first-order valence-electron chi connectivity index (χ1n) is 7.79. The Kier molecular flexibility index (Phi) is 2.64. The largest absolute Gasteiger partial charge is 0.342 e. The molecule has 4 rings (SSSR count). The van der Waals surface area contributed by atoms with E-state index in [-0.39, 0.29) is 0 Å². The zero-order valence-electron chi connectivity index (χ0n) is 11.7. The Labute approximate surface area is 114 Å². The Balaban J connectivity index is 1.58. The zero-order chi connectivity index (χ0) is 12.8. The van der Waals surface area contributed by atoms with Gasteiger partial charge in [-0.3, -0.25) is 0 Å². The van der Waals surface area contributed by atoms with Gasteiger partial charge in [-0.25, -0.2) is 4.98 Å². The van der Waals surface area contributed by atoms with E-state index in [1.807, 2.05) is 0 Å². The number of nitrogens with one attached hydrogen (secondary N) is 1. The predicted molar refractivity (Wildman–Crippen MR) is 78.1 cm³/mol. The predicted octanol–water partition coefficient (Wildman–Crippen LogP) is 4.10. The van der Waals surface area contributed by atoms with E-state index in [4.69, 9.17) is 4.98 Å². The van der Waals surface area contributed by atoms with Crippen molar-refractivity contribution in [2.45, 2.75) is 45.4 Å². The SMILES string of the molecule is CCc1ccc2nc(CC3CC4CCC3C4)[nH]c2c1. The van der Waals surface area contributed by atoms with Crippen LogP contribution in [0.2, 0.25) is 0 Å². The second-order valence-electron chi connectivity index (χ2n) is 6.53. The second-order valence-corrected chi connectivity index (χ2v) is 6.53. The van der Waals surface area contributed by atoms with Gasteiger partial charge >= 0.3 is 0 Å². The van der Waals surface area contributed by atoms with Crippen molar-refractivity contribution in [3.8, 4) is 0 Å². The number of imidazole rings is 1. The fourth-order valence-electron chi connectivity index (χ4n) is 4.30. The van der Waals surface area contributed by atoms with Crippen LogP contribution in [0.4, 0.5) is 0 Å². The van der Waals surface area contributed by atoms with Crippen molar-refractivity contribution in [2.24, 2.45) is 17.8 Å². The van der Waals surface area contributed by atoms with Gasteiger partial charge in [0, 0.05) is 6.42 Å². The molecule has 1 heterocycles. The first-order chi connectivity index (χ1) is 9.31. The molecule has 1 aromatic carbocycles. The average Bonchev–Trinajstić information content (AvgIpc) is 3.11. The molecule has 0 amide bonds. The number of hydrogen-bond donors (Lipinski definition) is 1. The summed E-state index contributed by atoms with van der Waals surface area (Å²) in [5.74, 6) is 4.13. The molecule has 3 atom stereocenters. The molecule has 2 aromatic rings. The lowest BCUT2D eigenvalue weighted by molar-refractivity contribution is 0.327. The first kappa shape index (κ1) is 11.5. The van der Waals surface area contributed by atoms with Crippen molar-refractivity contribution in [3.63, 3.8) is 0 Å². The van der Waals surface area contributed by atoms with Gasteiger partial charge in [-0.2, -0.15) is 0 Å². The number of aromatic nitrogens is 2. The van der Waals surface area contributed by atoms with E-state index in [9.17, 15) is 0 Å². The highest BCUT2D eigenvalue weighted by Crippen LogP contribution is 2.49. The van der Waals surface area contributed by atoms with Gasteiger partial charge < -0.3 is 4.98 Å². The number of benzene rings is 1. The molecule has 2 saturated carbocycles. The monoisotopic (exact) mass is 254 g/mol. The summed E-state index contributed by atoms with van der Waals surface area (Å²) >= 11 is 0. The summed E-state index contributed by atoms with van der Waals surface area (Å²) in [6.07, 6.45) is 8.15. The van der Waals surface area contributed by atoms with Crippen LogP contribution in [0.3, 0.4) is 0 Å². The smallest absolute Gasteiger partial charge is 0.107 e. The zero-order valence-corrected chi connectivity index (χ0v) is 11.7. The van der Waals surface area contributed by atoms with Crippen molar-refractivity contribution in [3.05, 3.63) is 29.6 Å². The lowest BCUT2D eigenvalue weighted by atomic mass is 9.86. The molecule has 19 heavy (non-hydrogen) atoms. The Bertz CT molecular complexity index is 598. The standard InChI is InChI=1S/C17H22N2/c1-2-11-4-6-15-16(9-11)19-17(18-15)10-14-8-12-3-5-13(14)7-12/h4,6,9,12-14H,2-3,5,7-8,10H2,1H3,(H,18,19). The van der Waals surface area contributed by atoms with E-state index < -0.39 is 0 Å². The fourth-order valence-corrected chi connectivity index (χ4v) is 4.30. The van der Waals surface area contributed by atoms with E-state index in [2.05, 4.69) is 30.1 Å². The molecular weight excluding hydrogens is 232 g/mol. The highest BCUT2D eigenvalue weighted by atomic mass is 14.9. The van der Waals surface area contributed by atoms with Gasteiger partial charge in [0.1, 0.15) is 5.82 Å². The van der Waals surface area contributed by atoms with Crippen molar-refractivity contribution < 1.29 is 0 Å². The molecule has 2 aliphatic carbocycles. The van der Waals surface area contributed by atoms with Crippen molar-refractivity contribution >= 4 is 11.0 Å². The molecule has 0 aliphatic heterocycles. The molecule has 0 spiro atoms. The third-order valence-electron chi connectivity index (χ3n) is 5.34. The van der Waals surface area contributed by atoms with Gasteiger partial charge in [0.2, 0.25) is 0 Å². The number of H-pyrrole nitrogens is 1. The van der Waals surface area contributed by atoms with E-state index >= 15 is 0 Å². The molecular formula is C17H22N2. The highest BCUT2D eigenvalue weighted by Gasteiger charge is 2.39. The normalized spacial score (nSPS) is 29.4. The number of aromatic amines is 1. The molecule has 2 aliphatic rings. The Morgan fingerprint density at radius 3 is 2.95 bits per heavy atom. The summed E-state index contributed by atoms with van der Waals surface area (Å²) in [6.45, 7) is 2.20. The number of nitrogens with zero attached hydrogens (tertiary/aromatic N) is 1. The Morgan fingerprint density at radius 1 is 1.26 bits per heavy atom. The molecule has 2 fully saturated rings. The summed E-state index contributed by atoms with van der Waals surface area (Å²) < 4.78 is 0. The molecule has 1 N–H and O–H groups in total. The van der Waals surface area contributed by atoms with Crippen LogP contribution in [-0.2, 0) is 12.8 Å². The molecule has 3 unspecified atom stereocenters. The van der Waals surface area contributed by atoms with Crippen LogP contribution in [0.15, 0.2) is 18.2 Å². The van der Waals surface area contributed by atoms with Crippen LogP contribution in [0.25, 0.3) is 11.0 Å². The van der Waals surface area contributed by atoms with Crippen molar-refractivity contribution in [2.75, 3.05) is 0 Å². The Hall–Kier alpha value is -1.31. The van der Waals surface area contributed by atoms with Gasteiger partial charge in [0.05, 0.1) is 11.0 Å². The summed E-state index contributed by atoms with van der Waals surface area (Å²) in [7, 11) is 0. The topological polar surface area (TPSA) is 28.7 Å². The van der Waals surface area contributed by atoms with Gasteiger partial charge in [0.25, 0.3) is 0 Å². The fraction of sp³-hybridized carbons (Fsp3) is 0.588. The van der Waals surface area contributed by atoms with E-state index in [0.717, 1.165) is 36.1 Å². The molecule has 1 aromatic heterocycles. The molecule has 0 saturated heterocycles. The number of hydrogen-bond acceptors (Lipinski definition) is 1. The average molecular weight is 254 g/mol. The highest BCUT2D eigenvalue weighted by molar-refractivity contribution is 5.75.